The average molecular weight is 278 g/mol. The lowest BCUT2D eigenvalue weighted by Crippen LogP contribution is -2.42. The second kappa shape index (κ2) is 5.87. The van der Waals surface area contributed by atoms with E-state index >= 15 is 0 Å². The number of nitrogens with one attached hydrogen (secondary N) is 1. The molecule has 7 heteroatoms. The summed E-state index contributed by atoms with van der Waals surface area (Å²) in [6.45, 7) is 0. The van der Waals surface area contributed by atoms with E-state index in [1.807, 2.05) is 0 Å². The summed E-state index contributed by atoms with van der Waals surface area (Å²) in [4.78, 5) is 21.7. The van der Waals surface area contributed by atoms with Crippen LogP contribution in [0.2, 0.25) is 0 Å². The number of benzene rings is 1. The summed E-state index contributed by atoms with van der Waals surface area (Å²) in [5, 5.41) is 14.2. The van der Waals surface area contributed by atoms with Crippen LogP contribution in [0.25, 0.3) is 0 Å². The van der Waals surface area contributed by atoms with Gasteiger partial charge in [-0.05, 0) is 25.0 Å². The Morgan fingerprint density at radius 1 is 1.35 bits per heavy atom. The fourth-order valence-corrected chi connectivity index (χ4v) is 2.50. The fraction of sp³-hybridized carbons (Fsp3) is 0.462. The van der Waals surface area contributed by atoms with Gasteiger partial charge >= 0.3 is 0 Å². The van der Waals surface area contributed by atoms with Crippen molar-refractivity contribution in [1.82, 2.24) is 0 Å². The van der Waals surface area contributed by atoms with Crippen molar-refractivity contribution in [2.24, 2.45) is 11.5 Å². The predicted molar refractivity (Wildman–Crippen MR) is 75.5 cm³/mol. The van der Waals surface area contributed by atoms with Crippen LogP contribution in [0.3, 0.4) is 0 Å². The van der Waals surface area contributed by atoms with Crippen LogP contribution in [0, 0.1) is 10.1 Å². The summed E-state index contributed by atoms with van der Waals surface area (Å²) in [7, 11) is 0. The second-order valence-corrected chi connectivity index (χ2v) is 5.05. The molecule has 5 N–H and O–H groups in total. The maximum atomic E-state index is 11.1. The number of nitrogens with two attached hydrogens (primary N) is 2. The van der Waals surface area contributed by atoms with Crippen LogP contribution in [-0.2, 0) is 0 Å². The Balaban J connectivity index is 2.26. The first kappa shape index (κ1) is 14.3. The van der Waals surface area contributed by atoms with E-state index in [1.54, 1.807) is 0 Å². The number of primary amides is 1. The number of anilines is 1. The first-order chi connectivity index (χ1) is 9.49. The van der Waals surface area contributed by atoms with Gasteiger partial charge in [0.05, 0.1) is 4.92 Å². The third-order valence-electron chi connectivity index (χ3n) is 3.64. The third-order valence-corrected chi connectivity index (χ3v) is 3.64. The summed E-state index contributed by atoms with van der Waals surface area (Å²) in [5.74, 6) is -0.686. The van der Waals surface area contributed by atoms with Crippen molar-refractivity contribution in [3.8, 4) is 0 Å². The monoisotopic (exact) mass is 278 g/mol. The molecule has 0 bridgehead atoms. The Kier molecular flexibility index (Phi) is 4.19. The van der Waals surface area contributed by atoms with Gasteiger partial charge in [-0.2, -0.15) is 0 Å². The van der Waals surface area contributed by atoms with E-state index in [4.69, 9.17) is 11.5 Å². The molecule has 1 amide bonds. The molecule has 2 atom stereocenters. The highest BCUT2D eigenvalue weighted by molar-refractivity contribution is 5.94. The number of amides is 1. The Morgan fingerprint density at radius 2 is 2.05 bits per heavy atom. The number of hydrogen-bond acceptors (Lipinski definition) is 5. The van der Waals surface area contributed by atoms with Crippen LogP contribution in [0.5, 0.6) is 0 Å². The first-order valence-corrected chi connectivity index (χ1v) is 6.59. The van der Waals surface area contributed by atoms with Crippen molar-refractivity contribution in [3.05, 3.63) is 33.9 Å². The second-order valence-electron chi connectivity index (χ2n) is 5.05. The van der Waals surface area contributed by atoms with Crippen molar-refractivity contribution in [2.45, 2.75) is 37.8 Å². The highest BCUT2D eigenvalue weighted by Crippen LogP contribution is 2.29. The highest BCUT2D eigenvalue weighted by Gasteiger charge is 2.25. The minimum atomic E-state index is -0.686. The van der Waals surface area contributed by atoms with Crippen molar-refractivity contribution in [3.63, 3.8) is 0 Å². The van der Waals surface area contributed by atoms with Gasteiger partial charge in [-0.25, -0.2) is 0 Å². The van der Waals surface area contributed by atoms with E-state index < -0.39 is 10.8 Å². The Labute approximate surface area is 116 Å². The standard InChI is InChI=1S/C13H18N4O3/c14-9-3-1-2-4-10(9)16-11-6-5-8(13(15)18)7-12(11)17(19)20/h5-7,9-10,16H,1-4,14H2,(H2,15,18). The van der Waals surface area contributed by atoms with E-state index in [0.29, 0.717) is 5.69 Å². The largest absolute Gasteiger partial charge is 0.375 e. The SMILES string of the molecule is NC(=O)c1ccc(NC2CCCCC2N)c([N+](=O)[O-])c1. The molecule has 7 nitrogen and oxygen atoms in total. The van der Waals surface area contributed by atoms with E-state index in [9.17, 15) is 14.9 Å². The molecule has 0 spiro atoms. The van der Waals surface area contributed by atoms with Gasteiger partial charge in [0, 0.05) is 23.7 Å². The smallest absolute Gasteiger partial charge is 0.293 e. The summed E-state index contributed by atoms with van der Waals surface area (Å²) in [6, 6.07) is 4.19. The third kappa shape index (κ3) is 3.05. The lowest BCUT2D eigenvalue weighted by molar-refractivity contribution is -0.384. The number of hydrogen-bond donors (Lipinski definition) is 3. The predicted octanol–water partition coefficient (Wildman–Crippen LogP) is 1.38. The molecule has 20 heavy (non-hydrogen) atoms. The lowest BCUT2D eigenvalue weighted by atomic mass is 9.91. The molecule has 108 valence electrons. The molecule has 1 aliphatic rings. The van der Waals surface area contributed by atoms with Crippen LogP contribution in [0.1, 0.15) is 36.0 Å². The molecule has 2 unspecified atom stereocenters. The molecular formula is C13H18N4O3. The summed E-state index contributed by atoms with van der Waals surface area (Å²) >= 11 is 0. The highest BCUT2D eigenvalue weighted by atomic mass is 16.6. The van der Waals surface area contributed by atoms with Crippen LogP contribution < -0.4 is 16.8 Å². The summed E-state index contributed by atoms with van der Waals surface area (Å²) in [6.07, 6.45) is 3.93. The Hall–Kier alpha value is -2.15. The zero-order valence-electron chi connectivity index (χ0n) is 11.0. The fourth-order valence-electron chi connectivity index (χ4n) is 2.50. The van der Waals surface area contributed by atoms with Gasteiger partial charge in [-0.1, -0.05) is 12.8 Å². The Bertz CT molecular complexity index is 532. The number of rotatable bonds is 4. The molecule has 1 aromatic rings. The van der Waals surface area contributed by atoms with Crippen molar-refractivity contribution < 1.29 is 9.72 Å². The lowest BCUT2D eigenvalue weighted by Gasteiger charge is -2.30. The number of carbonyl (C=O) groups is 1. The van der Waals surface area contributed by atoms with E-state index in [0.717, 1.165) is 25.7 Å². The average Bonchev–Trinajstić information content (AvgIpc) is 2.41. The topological polar surface area (TPSA) is 124 Å². The molecule has 0 aliphatic heterocycles. The number of nitrogens with zero attached hydrogens (tertiary/aromatic N) is 1. The molecule has 0 radical (unpaired) electrons. The normalized spacial score (nSPS) is 22.2. The number of carbonyl (C=O) groups excluding carboxylic acids is 1. The molecule has 0 saturated heterocycles. The molecule has 1 aromatic carbocycles. The minimum Gasteiger partial charge on any atom is -0.375 e. The van der Waals surface area contributed by atoms with Gasteiger partial charge in [0.2, 0.25) is 5.91 Å². The van der Waals surface area contributed by atoms with Gasteiger partial charge < -0.3 is 16.8 Å². The number of nitro benzene ring substituents is 1. The van der Waals surface area contributed by atoms with Gasteiger partial charge in [0.15, 0.2) is 0 Å². The zero-order valence-corrected chi connectivity index (χ0v) is 11.0. The van der Waals surface area contributed by atoms with Gasteiger partial charge in [-0.15, -0.1) is 0 Å². The molecule has 0 aromatic heterocycles. The molecule has 0 heterocycles. The van der Waals surface area contributed by atoms with Gasteiger partial charge in [0.25, 0.3) is 5.69 Å². The first-order valence-electron chi connectivity index (χ1n) is 6.59. The van der Waals surface area contributed by atoms with E-state index in [-0.39, 0.29) is 23.3 Å². The molecular weight excluding hydrogens is 260 g/mol. The summed E-state index contributed by atoms with van der Waals surface area (Å²) in [5.41, 5.74) is 11.5. The zero-order chi connectivity index (χ0) is 14.7. The quantitative estimate of drug-likeness (QED) is 0.566. The van der Waals surface area contributed by atoms with E-state index in [1.165, 1.54) is 18.2 Å². The van der Waals surface area contributed by atoms with Crippen molar-refractivity contribution >= 4 is 17.3 Å². The van der Waals surface area contributed by atoms with Crippen LogP contribution in [-0.4, -0.2) is 22.9 Å². The van der Waals surface area contributed by atoms with Crippen molar-refractivity contribution in [1.29, 1.82) is 0 Å². The van der Waals surface area contributed by atoms with E-state index in [2.05, 4.69) is 5.32 Å². The molecule has 1 saturated carbocycles. The maximum Gasteiger partial charge on any atom is 0.293 e. The van der Waals surface area contributed by atoms with Crippen LogP contribution in [0.4, 0.5) is 11.4 Å². The molecule has 1 aliphatic carbocycles. The molecule has 1 fully saturated rings. The maximum absolute atomic E-state index is 11.1. The summed E-state index contributed by atoms with van der Waals surface area (Å²) < 4.78 is 0. The van der Waals surface area contributed by atoms with Crippen LogP contribution in [0.15, 0.2) is 18.2 Å². The number of nitro groups is 1. The van der Waals surface area contributed by atoms with Crippen LogP contribution >= 0.6 is 0 Å². The van der Waals surface area contributed by atoms with Gasteiger partial charge in [0.1, 0.15) is 5.69 Å². The minimum absolute atomic E-state index is 0.0147. The van der Waals surface area contributed by atoms with Crippen molar-refractivity contribution in [2.75, 3.05) is 5.32 Å². The Morgan fingerprint density at radius 3 is 2.65 bits per heavy atom. The van der Waals surface area contributed by atoms with Gasteiger partial charge in [-0.3, -0.25) is 14.9 Å². The molecule has 2 rings (SSSR count).